The summed E-state index contributed by atoms with van der Waals surface area (Å²) in [6.45, 7) is 20.3. The highest BCUT2D eigenvalue weighted by Crippen LogP contribution is 2.48. The van der Waals surface area contributed by atoms with Crippen molar-refractivity contribution in [3.05, 3.63) is 222 Å². The molecule has 14 aromatic rings. The molecule has 0 saturated carbocycles. The van der Waals surface area contributed by atoms with Gasteiger partial charge in [-0.25, -0.2) is 15.0 Å². The summed E-state index contributed by atoms with van der Waals surface area (Å²) >= 11 is 0. The van der Waals surface area contributed by atoms with E-state index >= 15 is 0 Å². The molecule has 5 heterocycles. The number of imidazole rings is 2. The van der Waals surface area contributed by atoms with Gasteiger partial charge in [0.2, 0.25) is 0 Å². The van der Waals surface area contributed by atoms with Crippen LogP contribution in [0, 0.1) is 6.92 Å². The highest BCUT2D eigenvalue weighted by Gasteiger charge is 2.29. The van der Waals surface area contributed by atoms with Crippen molar-refractivity contribution in [2.45, 2.75) is 86.0 Å². The van der Waals surface area contributed by atoms with Gasteiger partial charge in [-0.2, -0.15) is 0 Å². The molecule has 0 atom stereocenters. The Bertz CT molecular complexity index is 4740. The summed E-state index contributed by atoms with van der Waals surface area (Å²) in [6, 6.07) is 68.5. The Hall–Kier alpha value is -9.53. The Morgan fingerprint density at radius 2 is 0.890 bits per heavy atom. The highest BCUT2D eigenvalue weighted by molar-refractivity contribution is 6.22. The number of para-hydroxylation sites is 5. The largest absolute Gasteiger partial charge is 0.457 e. The van der Waals surface area contributed by atoms with Gasteiger partial charge in [-0.3, -0.25) is 9.13 Å². The van der Waals surface area contributed by atoms with Crippen LogP contribution in [0.1, 0.15) is 107 Å². The molecule has 0 aliphatic rings. The normalized spacial score (nSPS) is 12.2. The van der Waals surface area contributed by atoms with E-state index in [9.17, 15) is 0 Å². The molecule has 0 saturated heterocycles. The average molecular weight is 1070 g/mol. The summed E-state index contributed by atoms with van der Waals surface area (Å²) in [6.07, 6.45) is 0. The van der Waals surface area contributed by atoms with E-state index in [2.05, 4.69) is 234 Å². The molecule has 0 aliphatic carbocycles. The number of nitrogens with zero attached hydrogens (tertiary/aromatic N) is 5. The van der Waals surface area contributed by atoms with Crippen LogP contribution in [-0.4, -0.2) is 24.1 Å². The van der Waals surface area contributed by atoms with Gasteiger partial charge < -0.3 is 13.6 Å². The maximum Gasteiger partial charge on any atom is 0.165 e. The number of aromatic nitrogens is 5. The van der Waals surface area contributed by atoms with Crippen LogP contribution in [0.2, 0.25) is 0 Å². The van der Waals surface area contributed by atoms with Crippen LogP contribution in [0.15, 0.2) is 203 Å². The van der Waals surface area contributed by atoms with Crippen molar-refractivity contribution in [3.63, 3.8) is 0 Å². The van der Waals surface area contributed by atoms with Gasteiger partial charge in [0.05, 0.1) is 55.5 Å². The maximum atomic E-state index is 7.30. The van der Waals surface area contributed by atoms with Crippen molar-refractivity contribution in [3.8, 4) is 67.9 Å². The summed E-state index contributed by atoms with van der Waals surface area (Å²) in [5.41, 5.74) is 21.9. The van der Waals surface area contributed by atoms with Gasteiger partial charge in [-0.05, 0) is 154 Å². The Kier molecular flexibility index (Phi) is 12.3. The van der Waals surface area contributed by atoms with E-state index < -0.39 is 0 Å². The number of pyridine rings is 1. The molecule has 8 heteroatoms. The lowest BCUT2D eigenvalue weighted by molar-refractivity contribution is 0.483. The summed E-state index contributed by atoms with van der Waals surface area (Å²) in [5, 5.41) is 2.67. The number of furan rings is 2. The van der Waals surface area contributed by atoms with Gasteiger partial charge in [0.25, 0.3) is 0 Å². The minimum Gasteiger partial charge on any atom is -0.457 e. The maximum absolute atomic E-state index is 7.30. The van der Waals surface area contributed by atoms with Crippen molar-refractivity contribution in [1.29, 1.82) is 0 Å². The summed E-state index contributed by atoms with van der Waals surface area (Å²) in [4.78, 5) is 16.4. The first-order chi connectivity index (χ1) is 39.9. The second-order valence-electron chi connectivity index (χ2n) is 23.1. The molecule has 0 radical (unpaired) electrons. The van der Waals surface area contributed by atoms with Gasteiger partial charge in [0.15, 0.2) is 11.2 Å². The fourth-order valence-corrected chi connectivity index (χ4v) is 12.4. The number of benzene rings is 9. The minimum atomic E-state index is 0.170. The summed E-state index contributed by atoms with van der Waals surface area (Å²) in [5.74, 6) is 3.63. The molecule has 0 spiro atoms. The molecule has 0 N–H and O–H groups in total. The highest BCUT2D eigenvalue weighted by atomic mass is 16.5. The molecule has 82 heavy (non-hydrogen) atoms. The van der Waals surface area contributed by atoms with Gasteiger partial charge in [0, 0.05) is 10.9 Å². The molecule has 0 amide bonds. The van der Waals surface area contributed by atoms with Crippen LogP contribution in [0.3, 0.4) is 0 Å². The molecule has 0 bridgehead atoms. The van der Waals surface area contributed by atoms with E-state index in [-0.39, 0.29) is 23.7 Å². The molecular weight excluding hydrogens is 1010 g/mol. The Balaban J connectivity index is 0.999. The van der Waals surface area contributed by atoms with Crippen molar-refractivity contribution in [1.82, 2.24) is 24.1 Å². The lowest BCUT2D eigenvalue weighted by atomic mass is 9.88. The Morgan fingerprint density at radius 3 is 1.46 bits per heavy atom. The van der Waals surface area contributed by atoms with Crippen LogP contribution in [0.5, 0.6) is 11.5 Å². The third-order valence-electron chi connectivity index (χ3n) is 16.3. The first-order valence-electron chi connectivity index (χ1n) is 28.8. The number of hydrogen-bond donors (Lipinski definition) is 0. The molecule has 8 nitrogen and oxygen atoms in total. The fraction of sp³-hybridized carbons (Fsp3) is 0.176. The van der Waals surface area contributed by atoms with Crippen LogP contribution in [-0.2, 0) is 0 Å². The topological polar surface area (TPSA) is 84.0 Å². The van der Waals surface area contributed by atoms with Gasteiger partial charge >= 0.3 is 0 Å². The molecule has 402 valence electrons. The van der Waals surface area contributed by atoms with Crippen molar-refractivity contribution >= 4 is 66.1 Å². The lowest BCUT2D eigenvalue weighted by Crippen LogP contribution is -2.09. The van der Waals surface area contributed by atoms with E-state index in [0.29, 0.717) is 28.2 Å². The lowest BCUT2D eigenvalue weighted by Gasteiger charge is -2.24. The predicted octanol–water partition coefficient (Wildman–Crippen LogP) is 20.8. The molecule has 0 fully saturated rings. The van der Waals surface area contributed by atoms with E-state index in [1.165, 1.54) is 50.2 Å². The molecule has 5 aromatic heterocycles. The number of fused-ring (bicyclic) bond motifs is 9. The molecule has 9 aromatic carbocycles. The average Bonchev–Trinajstić information content (AvgIpc) is 4.32. The second kappa shape index (κ2) is 19.9. The second-order valence-corrected chi connectivity index (χ2v) is 23.1. The Morgan fingerprint density at radius 1 is 0.390 bits per heavy atom. The number of hydrogen-bond acceptors (Lipinski definition) is 6. The molecule has 0 aliphatic heterocycles. The number of rotatable bonds is 12. The summed E-state index contributed by atoms with van der Waals surface area (Å²) < 4.78 is 25.8. The molecule has 0 unspecified atom stereocenters. The monoisotopic (exact) mass is 1070 g/mol. The Labute approximate surface area is 477 Å². The van der Waals surface area contributed by atoms with Crippen LogP contribution < -0.4 is 4.74 Å². The van der Waals surface area contributed by atoms with E-state index in [1.807, 2.05) is 31.2 Å². The van der Waals surface area contributed by atoms with Crippen LogP contribution in [0.4, 0.5) is 0 Å². The van der Waals surface area contributed by atoms with Crippen molar-refractivity contribution in [2.75, 3.05) is 0 Å². The molecule has 14 rings (SSSR count). The number of aryl methyl sites for hydroxylation is 1. The SMILES string of the molecule is Cc1nc2c3cc(Oc4cccc(-c5nc6ccccc6n5-c5c(C(C)C)cc(-c6ccccc6)cc5C(C)C)c4)cc(-c4nc5ccccc5n4-c4c(C(C)C)cc(-c5ccccc5)cc4C(C)C)c3oc2c2c1oc1ccccc12. The zero-order valence-electron chi connectivity index (χ0n) is 47.7. The third-order valence-corrected chi connectivity index (χ3v) is 16.3. The molecular formula is C74H63N5O3. The zero-order valence-corrected chi connectivity index (χ0v) is 47.7. The first-order valence-corrected chi connectivity index (χ1v) is 28.8. The van der Waals surface area contributed by atoms with E-state index in [4.69, 9.17) is 28.5 Å². The van der Waals surface area contributed by atoms with Gasteiger partial charge in [-0.1, -0.05) is 171 Å². The standard InChI is InChI=1S/C74H63N5O3/c1-42(2)55-36-50(47-23-12-10-13-24-47)37-56(43(3)4)68(55)78-63-32-19-17-30-61(63)76-73(78)49-27-22-28-52(35-49)80-53-40-59-67-72(66-54-29-16-21-34-65(54)81-70(66)46(9)75-67)82-71(59)60(41-53)74-77-62-31-18-20-33-64(62)79(74)69-57(44(5)6)38-51(39-58(69)45(7)8)48-25-14-11-15-26-48/h10-45H,1-9H3. The van der Waals surface area contributed by atoms with E-state index in [1.54, 1.807) is 0 Å². The van der Waals surface area contributed by atoms with Crippen molar-refractivity contribution < 1.29 is 13.6 Å². The van der Waals surface area contributed by atoms with Crippen molar-refractivity contribution in [2.24, 2.45) is 0 Å². The van der Waals surface area contributed by atoms with Crippen LogP contribution in [0.25, 0.3) is 122 Å². The van der Waals surface area contributed by atoms with Gasteiger partial charge in [-0.15, -0.1) is 0 Å². The van der Waals surface area contributed by atoms with Crippen LogP contribution >= 0.6 is 0 Å². The van der Waals surface area contributed by atoms with Gasteiger partial charge in [0.1, 0.15) is 39.8 Å². The third kappa shape index (κ3) is 8.38. The summed E-state index contributed by atoms with van der Waals surface area (Å²) in [7, 11) is 0. The quantitative estimate of drug-likeness (QED) is 0.121. The minimum absolute atomic E-state index is 0.170. The number of ether oxygens (including phenoxy) is 1. The van der Waals surface area contributed by atoms with E-state index in [0.717, 1.165) is 83.5 Å². The smallest absolute Gasteiger partial charge is 0.165 e. The fourth-order valence-electron chi connectivity index (χ4n) is 12.4. The first kappa shape index (κ1) is 50.7. The zero-order chi connectivity index (χ0) is 56.1. The predicted molar refractivity (Wildman–Crippen MR) is 337 cm³/mol.